The third kappa shape index (κ3) is 9.06. The standard InChI is InChI=1S/C52H78O21/c1-12-23(2)44(65)73-41-39(67-24(3)55)47(6,7)19-28-27-13-14-31-48(8)17-16-32(70-46-36(62)37(35(61)38(72-46)43(63)64)71-45-34(60)33(59)29(58)20-66-45)49(9,21-53)30(48)15-18-50(31,10)51(27,11)40(68-25(4)56)42(69-26(5)57)52(28,41)22-54/h12-13,28-42,45-46,53-54,58-62H,14-22H2,1-11H3,(H,63,64)/b23-12+/t28?,29-,30?,31?,32?,33-,34+,35-,36+,37-,38-,39-,40-,41-,42+,45-,46+,48-,49-,50+,51-,52+/m0/s1. The van der Waals surface area contributed by atoms with E-state index in [2.05, 4.69) is 19.9 Å². The molecule has 5 aliphatic carbocycles. The van der Waals surface area contributed by atoms with Crippen LogP contribution in [0.4, 0.5) is 0 Å². The van der Waals surface area contributed by atoms with E-state index in [1.54, 1.807) is 19.9 Å². The molecule has 7 rings (SSSR count). The minimum Gasteiger partial charge on any atom is -0.479 e. The number of carbonyl (C=O) groups is 5. The van der Waals surface area contributed by atoms with E-state index in [4.69, 9.17) is 37.9 Å². The smallest absolute Gasteiger partial charge is 0.335 e. The van der Waals surface area contributed by atoms with Crippen LogP contribution in [0.3, 0.4) is 0 Å². The highest BCUT2D eigenvalue weighted by atomic mass is 16.7. The topological polar surface area (TPSA) is 321 Å². The molecule has 73 heavy (non-hydrogen) atoms. The summed E-state index contributed by atoms with van der Waals surface area (Å²) in [5.74, 6) is -5.74. The maximum absolute atomic E-state index is 13.9. The molecule has 0 aromatic heterocycles. The maximum atomic E-state index is 13.9. The highest BCUT2D eigenvalue weighted by Crippen LogP contribution is 2.77. The van der Waals surface area contributed by atoms with Gasteiger partial charge in [-0.2, -0.15) is 0 Å². The second-order valence-electron chi connectivity index (χ2n) is 23.5. The molecule has 0 spiro atoms. The number of ether oxygens (including phenoxy) is 8. The molecule has 22 atom stereocenters. The van der Waals surface area contributed by atoms with Crippen LogP contribution in [0.5, 0.6) is 0 Å². The highest BCUT2D eigenvalue weighted by Gasteiger charge is 2.78. The number of fused-ring (bicyclic) bond motifs is 7. The number of hydrogen-bond donors (Lipinski definition) is 8. The first-order valence-electron chi connectivity index (χ1n) is 25.5. The fourth-order valence-electron chi connectivity index (χ4n) is 15.2. The van der Waals surface area contributed by atoms with Crippen LogP contribution in [0.25, 0.3) is 0 Å². The quantitative estimate of drug-likeness (QED) is 0.0453. The summed E-state index contributed by atoms with van der Waals surface area (Å²) in [6.45, 7) is 17.2. The molecule has 2 saturated heterocycles. The Morgan fingerprint density at radius 2 is 1.32 bits per heavy atom. The van der Waals surface area contributed by atoms with Crippen LogP contribution in [0, 0.1) is 50.2 Å². The highest BCUT2D eigenvalue weighted by molar-refractivity contribution is 5.88. The summed E-state index contributed by atoms with van der Waals surface area (Å²) in [5.41, 5.74) is -5.23. The summed E-state index contributed by atoms with van der Waals surface area (Å²) >= 11 is 0. The number of esters is 4. The second-order valence-corrected chi connectivity index (χ2v) is 23.5. The van der Waals surface area contributed by atoms with Crippen molar-refractivity contribution in [2.75, 3.05) is 19.8 Å². The van der Waals surface area contributed by atoms with E-state index in [0.29, 0.717) is 25.7 Å². The van der Waals surface area contributed by atoms with Gasteiger partial charge in [0.05, 0.1) is 31.3 Å². The van der Waals surface area contributed by atoms with Gasteiger partial charge in [0, 0.05) is 42.6 Å². The Morgan fingerprint density at radius 1 is 0.712 bits per heavy atom. The lowest BCUT2D eigenvalue weighted by Gasteiger charge is -2.73. The van der Waals surface area contributed by atoms with Gasteiger partial charge in [-0.25, -0.2) is 9.59 Å². The normalized spacial score (nSPS) is 47.2. The fourth-order valence-corrected chi connectivity index (χ4v) is 15.2. The summed E-state index contributed by atoms with van der Waals surface area (Å²) in [4.78, 5) is 66.4. The molecule has 0 radical (unpaired) electrons. The van der Waals surface area contributed by atoms with Crippen LogP contribution in [0.1, 0.15) is 115 Å². The van der Waals surface area contributed by atoms with E-state index >= 15 is 0 Å². The lowest BCUT2D eigenvalue weighted by atomic mass is 9.32. The molecule has 4 saturated carbocycles. The molecule has 21 nitrogen and oxygen atoms in total. The molecule has 21 heteroatoms. The molecule has 0 aromatic rings. The van der Waals surface area contributed by atoms with Crippen LogP contribution in [0.15, 0.2) is 23.3 Å². The van der Waals surface area contributed by atoms with Crippen molar-refractivity contribution < 1.29 is 103 Å². The Bertz CT molecular complexity index is 2200. The molecule has 0 bridgehead atoms. The number of carbonyl (C=O) groups excluding carboxylic acids is 4. The average Bonchev–Trinajstić information content (AvgIpc) is 3.31. The first-order chi connectivity index (χ1) is 34.0. The first-order valence-corrected chi connectivity index (χ1v) is 25.5. The van der Waals surface area contributed by atoms with Crippen LogP contribution >= 0.6 is 0 Å². The van der Waals surface area contributed by atoms with Gasteiger partial charge in [-0.3, -0.25) is 14.4 Å². The molecule has 412 valence electrons. The Balaban J connectivity index is 1.29. The summed E-state index contributed by atoms with van der Waals surface area (Å²) in [6, 6.07) is 0. The molecule has 2 heterocycles. The number of carboxylic acid groups (broad SMARTS) is 1. The number of allylic oxidation sites excluding steroid dienone is 2. The second kappa shape index (κ2) is 20.4. The van der Waals surface area contributed by atoms with E-state index in [-0.39, 0.29) is 30.3 Å². The lowest BCUT2D eigenvalue weighted by Crippen LogP contribution is -2.77. The van der Waals surface area contributed by atoms with Gasteiger partial charge in [0.25, 0.3) is 0 Å². The predicted molar refractivity (Wildman–Crippen MR) is 251 cm³/mol. The molecular formula is C52H78O21. The summed E-state index contributed by atoms with van der Waals surface area (Å²) in [7, 11) is 0. The van der Waals surface area contributed by atoms with Gasteiger partial charge >= 0.3 is 29.8 Å². The van der Waals surface area contributed by atoms with Crippen molar-refractivity contribution in [1.82, 2.24) is 0 Å². The van der Waals surface area contributed by atoms with E-state index in [1.165, 1.54) is 20.8 Å². The maximum Gasteiger partial charge on any atom is 0.335 e. The third-order valence-corrected chi connectivity index (χ3v) is 19.2. The molecule has 0 aromatic carbocycles. The SMILES string of the molecule is C/C=C(\C)C(=O)O[C@H]1[C@H](OC(C)=O)C(C)(C)CC2C3=CCC4[C@@]5(C)CCC(O[C@@H]6O[C@H](C(=O)O)[C@@H](O)[C@H](O[C@@H]7OC[C@H](O)[C@H](O)[C@H]7O)[C@H]6O)[C@@](C)(CO)C5CC[C@@]4(C)[C@]3(C)[C@@H](OC(C)=O)[C@@H](OC(C)=O)[C@]21CO. The van der Waals surface area contributed by atoms with E-state index < -0.39 is 174 Å². The van der Waals surface area contributed by atoms with Gasteiger partial charge in [0.15, 0.2) is 30.9 Å². The Labute approximate surface area is 425 Å². The van der Waals surface area contributed by atoms with E-state index in [9.17, 15) is 64.8 Å². The average molecular weight is 1040 g/mol. The fraction of sp³-hybridized carbons (Fsp3) is 0.827. The van der Waals surface area contributed by atoms with Crippen molar-refractivity contribution in [2.24, 2.45) is 50.2 Å². The minimum atomic E-state index is -2.01. The zero-order valence-corrected chi connectivity index (χ0v) is 43.7. The van der Waals surface area contributed by atoms with Crippen molar-refractivity contribution in [3.05, 3.63) is 23.3 Å². The zero-order chi connectivity index (χ0) is 54.3. The van der Waals surface area contributed by atoms with Gasteiger partial charge in [-0.05, 0) is 81.0 Å². The van der Waals surface area contributed by atoms with Crippen LogP contribution in [0.2, 0.25) is 0 Å². The number of aliphatic carboxylic acids is 1. The van der Waals surface area contributed by atoms with Crippen molar-refractivity contribution in [1.29, 1.82) is 0 Å². The van der Waals surface area contributed by atoms with Gasteiger partial charge in [0.2, 0.25) is 0 Å². The number of carboxylic acids is 1. The van der Waals surface area contributed by atoms with Gasteiger partial charge in [-0.15, -0.1) is 0 Å². The van der Waals surface area contributed by atoms with Gasteiger partial charge in [0.1, 0.15) is 48.8 Å². The van der Waals surface area contributed by atoms with Gasteiger partial charge < -0.3 is 78.7 Å². The Kier molecular flexibility index (Phi) is 16.0. The number of hydrogen-bond acceptors (Lipinski definition) is 20. The third-order valence-electron chi connectivity index (χ3n) is 19.2. The first kappa shape index (κ1) is 57.1. The van der Waals surface area contributed by atoms with Crippen LogP contribution in [-0.4, -0.2) is 176 Å². The summed E-state index contributed by atoms with van der Waals surface area (Å²) in [6.07, 6.45) is -16.3. The van der Waals surface area contributed by atoms with E-state index in [0.717, 1.165) is 5.57 Å². The minimum absolute atomic E-state index is 0.232. The predicted octanol–water partition coefficient (Wildman–Crippen LogP) is 1.61. The van der Waals surface area contributed by atoms with Crippen LogP contribution in [-0.2, 0) is 61.9 Å². The van der Waals surface area contributed by atoms with Crippen molar-refractivity contribution in [3.63, 3.8) is 0 Å². The molecule has 4 unspecified atom stereocenters. The molecule has 7 aliphatic rings. The van der Waals surface area contributed by atoms with Gasteiger partial charge in [-0.1, -0.05) is 59.3 Å². The Hall–Kier alpha value is -3.61. The van der Waals surface area contributed by atoms with E-state index in [1.807, 2.05) is 27.7 Å². The van der Waals surface area contributed by atoms with Crippen molar-refractivity contribution >= 4 is 29.8 Å². The molecule has 6 fully saturated rings. The van der Waals surface area contributed by atoms with Crippen LogP contribution < -0.4 is 0 Å². The van der Waals surface area contributed by atoms with Crippen molar-refractivity contribution in [2.45, 2.75) is 201 Å². The molecular weight excluding hydrogens is 961 g/mol. The molecule has 2 aliphatic heterocycles. The Morgan fingerprint density at radius 3 is 1.89 bits per heavy atom. The molecule has 0 amide bonds. The molecule has 8 N–H and O–H groups in total. The monoisotopic (exact) mass is 1040 g/mol. The lowest BCUT2D eigenvalue weighted by molar-refractivity contribution is -0.358. The number of aliphatic hydroxyl groups is 7. The summed E-state index contributed by atoms with van der Waals surface area (Å²) < 4.78 is 48.6. The number of aliphatic hydroxyl groups excluding tert-OH is 7. The largest absolute Gasteiger partial charge is 0.479 e. The zero-order valence-electron chi connectivity index (χ0n) is 43.7. The summed E-state index contributed by atoms with van der Waals surface area (Å²) in [5, 5.41) is 87.4. The number of rotatable bonds is 12. The van der Waals surface area contributed by atoms with Crippen molar-refractivity contribution in [3.8, 4) is 0 Å².